The van der Waals surface area contributed by atoms with Gasteiger partial charge in [-0.2, -0.15) is 9.61 Å². The molecule has 0 saturated heterocycles. The highest BCUT2D eigenvalue weighted by Gasteiger charge is 2.12. The maximum absolute atomic E-state index is 12.2. The fourth-order valence-electron chi connectivity index (χ4n) is 2.59. The topological polar surface area (TPSA) is 72.2 Å². The average Bonchev–Trinajstić information content (AvgIpc) is 3.10. The van der Waals surface area contributed by atoms with Crippen molar-refractivity contribution in [1.82, 2.24) is 19.8 Å². The number of nitrogens with one attached hydrogen (secondary N) is 1. The second kappa shape index (κ2) is 7.59. The summed E-state index contributed by atoms with van der Waals surface area (Å²) in [5.41, 5.74) is 4.47. The molecule has 6 nitrogen and oxygen atoms in total. The molecule has 0 aliphatic heterocycles. The Bertz CT molecular complexity index is 1080. The monoisotopic (exact) mass is 375 g/mol. The van der Waals surface area contributed by atoms with Gasteiger partial charge in [0.25, 0.3) is 0 Å². The molecule has 4 rings (SSSR count). The number of aryl methyl sites for hydroxylation is 1. The molecule has 1 N–H and O–H groups in total. The van der Waals surface area contributed by atoms with Crippen molar-refractivity contribution in [3.8, 4) is 11.3 Å². The summed E-state index contributed by atoms with van der Waals surface area (Å²) in [4.78, 5) is 12.2. The van der Waals surface area contributed by atoms with Gasteiger partial charge in [0.15, 0.2) is 5.65 Å². The van der Waals surface area contributed by atoms with Crippen molar-refractivity contribution in [3.05, 3.63) is 72.3 Å². The molecular formula is C20H17N5OS. The SMILES string of the molecule is Cc1ccc(-c2ccc3nnc(SCC(=O)Nc4ccccc4)n3n2)cc1. The quantitative estimate of drug-likeness (QED) is 0.537. The third-order valence-corrected chi connectivity index (χ3v) is 4.89. The number of hydrogen-bond acceptors (Lipinski definition) is 5. The van der Waals surface area contributed by atoms with Gasteiger partial charge in [0.1, 0.15) is 0 Å². The minimum atomic E-state index is -0.0994. The Labute approximate surface area is 160 Å². The van der Waals surface area contributed by atoms with E-state index in [1.165, 1.54) is 17.3 Å². The summed E-state index contributed by atoms with van der Waals surface area (Å²) in [7, 11) is 0. The van der Waals surface area contributed by atoms with Crippen molar-refractivity contribution in [1.29, 1.82) is 0 Å². The van der Waals surface area contributed by atoms with E-state index in [-0.39, 0.29) is 11.7 Å². The van der Waals surface area contributed by atoms with Crippen LogP contribution in [0.2, 0.25) is 0 Å². The lowest BCUT2D eigenvalue weighted by Crippen LogP contribution is -2.14. The summed E-state index contributed by atoms with van der Waals surface area (Å²) in [6.45, 7) is 2.05. The standard InChI is InChI=1S/C20H17N5OS/c1-14-7-9-15(10-8-14)17-11-12-18-22-23-20(25(18)24-17)27-13-19(26)21-16-5-3-2-4-6-16/h2-12H,13H2,1H3,(H,21,26). The molecule has 2 heterocycles. The predicted molar refractivity (Wildman–Crippen MR) is 107 cm³/mol. The van der Waals surface area contributed by atoms with E-state index < -0.39 is 0 Å². The molecule has 2 aromatic heterocycles. The molecule has 0 aliphatic carbocycles. The van der Waals surface area contributed by atoms with Crippen molar-refractivity contribution in [2.24, 2.45) is 0 Å². The summed E-state index contributed by atoms with van der Waals surface area (Å²) < 4.78 is 1.68. The average molecular weight is 375 g/mol. The largest absolute Gasteiger partial charge is 0.325 e. The molecule has 0 radical (unpaired) electrons. The number of thioether (sulfide) groups is 1. The van der Waals surface area contributed by atoms with Gasteiger partial charge in [-0.1, -0.05) is 59.8 Å². The van der Waals surface area contributed by atoms with Crippen LogP contribution in [0, 0.1) is 6.92 Å². The lowest BCUT2D eigenvalue weighted by molar-refractivity contribution is -0.113. The molecule has 0 unspecified atom stereocenters. The van der Waals surface area contributed by atoms with E-state index in [0.29, 0.717) is 10.8 Å². The third-order valence-electron chi connectivity index (χ3n) is 3.97. The normalized spacial score (nSPS) is 10.9. The van der Waals surface area contributed by atoms with Crippen LogP contribution < -0.4 is 5.32 Å². The lowest BCUT2D eigenvalue weighted by atomic mass is 10.1. The summed E-state index contributed by atoms with van der Waals surface area (Å²) >= 11 is 1.31. The molecule has 4 aromatic rings. The van der Waals surface area contributed by atoms with E-state index in [4.69, 9.17) is 0 Å². The number of amides is 1. The number of carbonyl (C=O) groups is 1. The molecule has 0 atom stereocenters. The maximum Gasteiger partial charge on any atom is 0.234 e. The number of aromatic nitrogens is 4. The molecule has 134 valence electrons. The van der Waals surface area contributed by atoms with Gasteiger partial charge in [-0.3, -0.25) is 4.79 Å². The van der Waals surface area contributed by atoms with E-state index in [1.807, 2.05) is 54.6 Å². The van der Waals surface area contributed by atoms with Crippen LogP contribution in [0.15, 0.2) is 71.9 Å². The fraction of sp³-hybridized carbons (Fsp3) is 0.100. The molecular weight excluding hydrogens is 358 g/mol. The van der Waals surface area contributed by atoms with Crippen LogP contribution in [-0.4, -0.2) is 31.5 Å². The molecule has 0 saturated carbocycles. The minimum absolute atomic E-state index is 0.0994. The van der Waals surface area contributed by atoms with Crippen molar-refractivity contribution < 1.29 is 4.79 Å². The highest BCUT2D eigenvalue weighted by atomic mass is 32.2. The zero-order chi connectivity index (χ0) is 18.6. The number of benzene rings is 2. The highest BCUT2D eigenvalue weighted by molar-refractivity contribution is 7.99. The summed E-state index contributed by atoms with van der Waals surface area (Å²) in [5, 5.41) is 16.4. The van der Waals surface area contributed by atoms with E-state index in [1.54, 1.807) is 4.52 Å². The number of anilines is 1. The minimum Gasteiger partial charge on any atom is -0.325 e. The molecule has 7 heteroatoms. The van der Waals surface area contributed by atoms with E-state index in [9.17, 15) is 4.79 Å². The van der Waals surface area contributed by atoms with Crippen molar-refractivity contribution in [2.75, 3.05) is 11.1 Å². The Kier molecular flexibility index (Phi) is 4.84. The smallest absolute Gasteiger partial charge is 0.234 e. The van der Waals surface area contributed by atoms with Gasteiger partial charge in [0, 0.05) is 11.3 Å². The molecule has 27 heavy (non-hydrogen) atoms. The molecule has 0 bridgehead atoms. The Balaban J connectivity index is 1.51. The fourth-order valence-corrected chi connectivity index (χ4v) is 3.27. The van der Waals surface area contributed by atoms with Gasteiger partial charge in [-0.15, -0.1) is 10.2 Å². The van der Waals surface area contributed by atoms with Crippen LogP contribution in [0.25, 0.3) is 16.9 Å². The summed E-state index contributed by atoms with van der Waals surface area (Å²) in [6, 6.07) is 21.3. The predicted octanol–water partition coefficient (Wildman–Crippen LogP) is 3.83. The van der Waals surface area contributed by atoms with E-state index in [2.05, 4.69) is 39.7 Å². The Morgan fingerprint density at radius 1 is 1.00 bits per heavy atom. The first-order valence-electron chi connectivity index (χ1n) is 8.46. The second-order valence-corrected chi connectivity index (χ2v) is 6.98. The van der Waals surface area contributed by atoms with Crippen LogP contribution in [0.4, 0.5) is 5.69 Å². The van der Waals surface area contributed by atoms with Crippen LogP contribution in [0.3, 0.4) is 0 Å². The zero-order valence-corrected chi connectivity index (χ0v) is 15.5. The third kappa shape index (κ3) is 3.98. The van der Waals surface area contributed by atoms with Gasteiger partial charge in [0.05, 0.1) is 11.4 Å². The number of carbonyl (C=O) groups excluding carboxylic acids is 1. The van der Waals surface area contributed by atoms with Crippen LogP contribution in [-0.2, 0) is 4.79 Å². The number of hydrogen-bond donors (Lipinski definition) is 1. The molecule has 0 fully saturated rings. The zero-order valence-electron chi connectivity index (χ0n) is 14.7. The van der Waals surface area contributed by atoms with Gasteiger partial charge in [-0.25, -0.2) is 0 Å². The first-order chi connectivity index (χ1) is 13.2. The van der Waals surface area contributed by atoms with Crippen LogP contribution in [0.1, 0.15) is 5.56 Å². The van der Waals surface area contributed by atoms with Crippen LogP contribution >= 0.6 is 11.8 Å². The summed E-state index contributed by atoms with van der Waals surface area (Å²) in [6.07, 6.45) is 0. The Morgan fingerprint density at radius 3 is 2.56 bits per heavy atom. The molecule has 0 aliphatic rings. The van der Waals surface area contributed by atoms with Gasteiger partial charge >= 0.3 is 0 Å². The number of rotatable bonds is 5. The molecule has 2 aromatic carbocycles. The van der Waals surface area contributed by atoms with Crippen molar-refractivity contribution in [3.63, 3.8) is 0 Å². The van der Waals surface area contributed by atoms with E-state index in [0.717, 1.165) is 16.9 Å². The van der Waals surface area contributed by atoms with Crippen LogP contribution in [0.5, 0.6) is 0 Å². The highest BCUT2D eigenvalue weighted by Crippen LogP contribution is 2.21. The Hall–Kier alpha value is -3.19. The number of nitrogens with zero attached hydrogens (tertiary/aromatic N) is 4. The Morgan fingerprint density at radius 2 is 1.78 bits per heavy atom. The number of para-hydroxylation sites is 1. The molecule has 1 amide bonds. The summed E-state index contributed by atoms with van der Waals surface area (Å²) in [5.74, 6) is 0.129. The van der Waals surface area contributed by atoms with E-state index >= 15 is 0 Å². The van der Waals surface area contributed by atoms with Gasteiger partial charge < -0.3 is 5.32 Å². The lowest BCUT2D eigenvalue weighted by Gasteiger charge is -2.05. The van der Waals surface area contributed by atoms with Crippen molar-refractivity contribution in [2.45, 2.75) is 12.1 Å². The number of fused-ring (bicyclic) bond motifs is 1. The first-order valence-corrected chi connectivity index (χ1v) is 9.45. The maximum atomic E-state index is 12.2. The molecule has 0 spiro atoms. The second-order valence-electron chi connectivity index (χ2n) is 6.04. The van der Waals surface area contributed by atoms with Gasteiger partial charge in [0.2, 0.25) is 11.1 Å². The van der Waals surface area contributed by atoms with Gasteiger partial charge in [-0.05, 0) is 31.2 Å². The first kappa shape index (κ1) is 17.2. The van der Waals surface area contributed by atoms with Crippen molar-refractivity contribution >= 4 is 29.0 Å².